The smallest absolute Gasteiger partial charge is 0.341 e. The Kier molecular flexibility index (Phi) is 12.2. The van der Waals surface area contributed by atoms with Crippen molar-refractivity contribution < 1.29 is 23.5 Å². The summed E-state index contributed by atoms with van der Waals surface area (Å²) in [5.74, 6) is -0.165. The number of carboxylic acid groups (broad SMARTS) is 1. The van der Waals surface area contributed by atoms with Crippen LogP contribution in [0.1, 0.15) is 116 Å². The van der Waals surface area contributed by atoms with Crippen LogP contribution in [0.25, 0.3) is 0 Å². The zero-order valence-electron chi connectivity index (χ0n) is 31.6. The van der Waals surface area contributed by atoms with Gasteiger partial charge in [-0.25, -0.2) is 4.79 Å². The molecule has 48 heavy (non-hydrogen) atoms. The number of benzene rings is 2. The van der Waals surface area contributed by atoms with Crippen molar-refractivity contribution >= 4 is 34.2 Å². The number of rotatable bonds is 14. The largest absolute Gasteiger partial charge is 0.482 e. The van der Waals surface area contributed by atoms with Crippen molar-refractivity contribution in [2.45, 2.75) is 153 Å². The topological polar surface area (TPSA) is 65.0 Å². The van der Waals surface area contributed by atoms with Crippen LogP contribution in [0.4, 0.5) is 0 Å². The molecule has 2 fully saturated rings. The monoisotopic (exact) mass is 714 g/mol. The highest BCUT2D eigenvalue weighted by molar-refractivity contribution is 6.74. The molecule has 0 amide bonds. The maximum Gasteiger partial charge on any atom is 0.341 e. The van der Waals surface area contributed by atoms with Gasteiger partial charge < -0.3 is 18.7 Å². The normalized spacial score (nSPS) is 23.8. The molecule has 0 bridgehead atoms. The lowest BCUT2D eigenvalue weighted by molar-refractivity contribution is -0.139. The number of hydrogen-bond donors (Lipinski definition) is 1. The Hall–Kier alpha value is -1.65. The maximum atomic E-state index is 11.2. The molecule has 2 aromatic rings. The zero-order chi connectivity index (χ0) is 35.7. The molecule has 2 aliphatic rings. The Morgan fingerprint density at radius 2 is 1.62 bits per heavy atom. The predicted octanol–water partition coefficient (Wildman–Crippen LogP) is 11.5. The summed E-state index contributed by atoms with van der Waals surface area (Å²) in [6.07, 6.45) is 7.69. The van der Waals surface area contributed by atoms with Crippen LogP contribution < -0.4 is 4.74 Å². The Morgan fingerprint density at radius 1 is 0.979 bits per heavy atom. The van der Waals surface area contributed by atoms with Crippen LogP contribution in [0.15, 0.2) is 48.5 Å². The van der Waals surface area contributed by atoms with Gasteiger partial charge >= 0.3 is 5.97 Å². The molecule has 2 saturated carbocycles. The third kappa shape index (κ3) is 8.80. The van der Waals surface area contributed by atoms with Gasteiger partial charge in [0.25, 0.3) is 0 Å². The van der Waals surface area contributed by atoms with Gasteiger partial charge in [-0.2, -0.15) is 0 Å². The van der Waals surface area contributed by atoms with Crippen LogP contribution in [0.3, 0.4) is 0 Å². The Balaban J connectivity index is 1.78. The fraction of sp³-hybridized carbons (Fsp3) is 0.675. The SMILES string of the molecule is CCCC1([C@H](O[Si](C)(C)C(C)(C)C)c2cccc([C@@H]3[C@@H](Cc4cccc(OCC(=O)O)c4)[C@H](Cl)C[C@H]3O[Si](C)(C)C(C)(C)C)c2)CCC1. The van der Waals surface area contributed by atoms with E-state index in [-0.39, 0.29) is 51.5 Å². The molecule has 1 N–H and O–H groups in total. The van der Waals surface area contributed by atoms with Crippen molar-refractivity contribution in [1.29, 1.82) is 0 Å². The second-order valence-corrected chi connectivity index (χ2v) is 27.9. The summed E-state index contributed by atoms with van der Waals surface area (Å²) < 4.78 is 20.3. The van der Waals surface area contributed by atoms with Gasteiger partial charge in [-0.15, -0.1) is 11.6 Å². The molecule has 5 nitrogen and oxygen atoms in total. The van der Waals surface area contributed by atoms with E-state index in [9.17, 15) is 4.79 Å². The van der Waals surface area contributed by atoms with Crippen LogP contribution >= 0.6 is 11.6 Å². The van der Waals surface area contributed by atoms with Crippen LogP contribution in [-0.4, -0.2) is 45.8 Å². The van der Waals surface area contributed by atoms with Gasteiger partial charge in [0.05, 0.1) is 12.2 Å². The molecule has 5 atom stereocenters. The maximum absolute atomic E-state index is 11.2. The molecular weight excluding hydrogens is 652 g/mol. The van der Waals surface area contributed by atoms with E-state index in [1.807, 2.05) is 18.2 Å². The van der Waals surface area contributed by atoms with Gasteiger partial charge in [0.1, 0.15) is 5.75 Å². The molecule has 0 heterocycles. The Bertz CT molecular complexity index is 1390. The molecule has 4 rings (SSSR count). The number of hydrogen-bond acceptors (Lipinski definition) is 4. The molecule has 0 radical (unpaired) electrons. The van der Waals surface area contributed by atoms with Gasteiger partial charge in [-0.1, -0.05) is 97.7 Å². The van der Waals surface area contributed by atoms with Gasteiger partial charge in [0, 0.05) is 11.3 Å². The van der Waals surface area contributed by atoms with E-state index in [1.165, 1.54) is 36.8 Å². The first-order chi connectivity index (χ1) is 22.2. The lowest BCUT2D eigenvalue weighted by atomic mass is 9.61. The van der Waals surface area contributed by atoms with Gasteiger partial charge in [-0.05, 0) is 109 Å². The van der Waals surface area contributed by atoms with E-state index < -0.39 is 22.6 Å². The first kappa shape index (κ1) is 39.1. The summed E-state index contributed by atoms with van der Waals surface area (Å²) >= 11 is 7.35. The second-order valence-electron chi connectivity index (χ2n) is 17.8. The predicted molar refractivity (Wildman–Crippen MR) is 204 cm³/mol. The van der Waals surface area contributed by atoms with Crippen molar-refractivity contribution in [1.82, 2.24) is 0 Å². The number of carbonyl (C=O) groups is 1. The second kappa shape index (κ2) is 14.9. The first-order valence-electron chi connectivity index (χ1n) is 18.2. The molecule has 0 aliphatic heterocycles. The summed E-state index contributed by atoms with van der Waals surface area (Å²) in [6, 6.07) is 17.1. The van der Waals surface area contributed by atoms with E-state index in [1.54, 1.807) is 0 Å². The Morgan fingerprint density at radius 3 is 2.19 bits per heavy atom. The van der Waals surface area contributed by atoms with E-state index in [2.05, 4.69) is 105 Å². The number of ether oxygens (including phenoxy) is 1. The average molecular weight is 716 g/mol. The quantitative estimate of drug-likeness (QED) is 0.156. The highest BCUT2D eigenvalue weighted by atomic mass is 35.5. The van der Waals surface area contributed by atoms with Crippen molar-refractivity contribution in [3.63, 3.8) is 0 Å². The van der Waals surface area contributed by atoms with E-state index in [0.29, 0.717) is 5.75 Å². The van der Waals surface area contributed by atoms with Gasteiger partial charge in [-0.3, -0.25) is 0 Å². The highest BCUT2D eigenvalue weighted by Crippen LogP contribution is 2.58. The zero-order valence-corrected chi connectivity index (χ0v) is 34.4. The highest BCUT2D eigenvalue weighted by Gasteiger charge is 2.51. The summed E-state index contributed by atoms with van der Waals surface area (Å²) in [4.78, 5) is 11.2. The van der Waals surface area contributed by atoms with Gasteiger partial charge in [0.15, 0.2) is 23.2 Å². The van der Waals surface area contributed by atoms with E-state index in [0.717, 1.165) is 24.8 Å². The minimum atomic E-state index is -2.11. The number of carboxylic acids is 1. The summed E-state index contributed by atoms with van der Waals surface area (Å²) in [5, 5.41) is 9.29. The minimum absolute atomic E-state index is 0.00755. The third-order valence-corrected chi connectivity index (χ3v) is 21.7. The number of halogens is 1. The fourth-order valence-corrected chi connectivity index (χ4v) is 10.4. The van der Waals surface area contributed by atoms with Crippen molar-refractivity contribution in [2.75, 3.05) is 6.61 Å². The number of aliphatic carboxylic acids is 1. The Labute approximate surface area is 298 Å². The van der Waals surface area contributed by atoms with Gasteiger partial charge in [0.2, 0.25) is 0 Å². The van der Waals surface area contributed by atoms with Crippen LogP contribution in [-0.2, 0) is 20.1 Å². The summed E-state index contributed by atoms with van der Waals surface area (Å²) in [7, 11) is -4.18. The summed E-state index contributed by atoms with van der Waals surface area (Å²) in [6.45, 7) is 25.4. The molecule has 268 valence electrons. The third-order valence-electron chi connectivity index (χ3n) is 12.2. The standard InChI is InChI=1S/C40H63ClO5Si2/c1-12-20-40(21-15-22-40)37(46-48(10,11)39(5,6)7)30-18-14-17-29(25-30)36-32(24-28-16-13-19-31(23-28)44-27-35(42)43)33(41)26-34(36)45-47(8,9)38(2,3)4/h13-14,16-19,23,25,32-34,36-37H,12,15,20-22,24,26-27H2,1-11H3,(H,42,43)/t32-,33+,34+,36+,37+/m0/s1. The lowest BCUT2D eigenvalue weighted by Crippen LogP contribution is -2.47. The van der Waals surface area contributed by atoms with Crippen LogP contribution in [0.5, 0.6) is 5.75 Å². The molecule has 0 aromatic heterocycles. The summed E-state index contributed by atoms with van der Waals surface area (Å²) in [5.41, 5.74) is 3.87. The number of alkyl halides is 1. The van der Waals surface area contributed by atoms with Crippen LogP contribution in [0, 0.1) is 11.3 Å². The molecule has 8 heteroatoms. The minimum Gasteiger partial charge on any atom is -0.482 e. The molecule has 0 unspecified atom stereocenters. The molecule has 2 aliphatic carbocycles. The van der Waals surface area contributed by atoms with E-state index in [4.69, 9.17) is 30.3 Å². The molecule has 2 aromatic carbocycles. The van der Waals surface area contributed by atoms with Crippen molar-refractivity contribution in [3.8, 4) is 5.75 Å². The lowest BCUT2D eigenvalue weighted by Gasteiger charge is -2.52. The van der Waals surface area contributed by atoms with Crippen LogP contribution in [0.2, 0.25) is 36.3 Å². The van der Waals surface area contributed by atoms with E-state index >= 15 is 0 Å². The van der Waals surface area contributed by atoms with Crippen molar-refractivity contribution in [3.05, 3.63) is 65.2 Å². The molecule has 0 spiro atoms. The van der Waals surface area contributed by atoms with Crippen molar-refractivity contribution in [2.24, 2.45) is 11.3 Å². The first-order valence-corrected chi connectivity index (χ1v) is 24.5. The molecular formula is C40H63ClO5Si2. The average Bonchev–Trinajstić information content (AvgIpc) is 3.25. The molecule has 0 saturated heterocycles. The fourth-order valence-electron chi connectivity index (χ4n) is 7.34.